The molecule has 1 fully saturated rings. The molecule has 0 aromatic heterocycles. The number of hydrogen-bond acceptors (Lipinski definition) is 3. The Bertz CT molecular complexity index is 372. The smallest absolute Gasteiger partial charge is 0.163 e. The van der Waals surface area contributed by atoms with E-state index in [9.17, 15) is 14.6 Å². The van der Waals surface area contributed by atoms with Crippen LogP contribution in [0.1, 0.15) is 18.4 Å². The van der Waals surface area contributed by atoms with Crippen LogP contribution < -0.4 is 0 Å². The van der Waals surface area contributed by atoms with Gasteiger partial charge in [-0.1, -0.05) is 0 Å². The first-order valence-corrected chi connectivity index (χ1v) is 4.43. The van der Waals surface area contributed by atoms with Crippen molar-refractivity contribution in [2.45, 2.75) is 24.9 Å². The van der Waals surface area contributed by atoms with E-state index in [1.54, 1.807) is 0 Å². The Hall–Kier alpha value is -1.29. The lowest BCUT2D eigenvalue weighted by Gasteiger charge is -2.11. The number of rotatable bonds is 2. The summed E-state index contributed by atoms with van der Waals surface area (Å²) in [5.41, 5.74) is -0.892. The summed E-state index contributed by atoms with van der Waals surface area (Å²) in [6.07, 6.45) is 1.28. The Kier molecular flexibility index (Phi) is 1.89. The molecule has 1 saturated carbocycles. The SMILES string of the molecule is Oc1ccc(F)c(CC2(O)CC2)c1O. The van der Waals surface area contributed by atoms with E-state index in [0.717, 1.165) is 12.1 Å². The molecule has 0 aliphatic heterocycles. The van der Waals surface area contributed by atoms with Crippen LogP contribution in [0.3, 0.4) is 0 Å². The molecule has 0 atom stereocenters. The topological polar surface area (TPSA) is 60.7 Å². The van der Waals surface area contributed by atoms with Crippen molar-refractivity contribution in [3.05, 3.63) is 23.5 Å². The van der Waals surface area contributed by atoms with E-state index in [1.165, 1.54) is 0 Å². The summed E-state index contributed by atoms with van der Waals surface area (Å²) in [6.45, 7) is 0. The van der Waals surface area contributed by atoms with Crippen LogP contribution in [0.25, 0.3) is 0 Å². The molecule has 14 heavy (non-hydrogen) atoms. The van der Waals surface area contributed by atoms with Gasteiger partial charge in [0.2, 0.25) is 0 Å². The van der Waals surface area contributed by atoms with Crippen LogP contribution in [0, 0.1) is 5.82 Å². The van der Waals surface area contributed by atoms with Gasteiger partial charge >= 0.3 is 0 Å². The monoisotopic (exact) mass is 198 g/mol. The van der Waals surface area contributed by atoms with Crippen molar-refractivity contribution in [2.24, 2.45) is 0 Å². The number of hydrogen-bond donors (Lipinski definition) is 3. The van der Waals surface area contributed by atoms with Gasteiger partial charge in [0.05, 0.1) is 5.60 Å². The molecule has 0 spiro atoms. The number of phenolic OH excluding ortho intramolecular Hbond substituents is 2. The van der Waals surface area contributed by atoms with Gasteiger partial charge in [-0.15, -0.1) is 0 Å². The Labute approximate surface area is 80.4 Å². The molecule has 1 aliphatic carbocycles. The number of aliphatic hydroxyl groups is 1. The minimum atomic E-state index is -0.883. The first-order valence-electron chi connectivity index (χ1n) is 4.43. The molecule has 0 bridgehead atoms. The maximum absolute atomic E-state index is 13.2. The molecule has 0 unspecified atom stereocenters. The molecule has 2 rings (SSSR count). The third kappa shape index (κ3) is 1.53. The molecule has 0 amide bonds. The fourth-order valence-electron chi connectivity index (χ4n) is 1.42. The normalized spacial score (nSPS) is 18.1. The van der Waals surface area contributed by atoms with Crippen LogP contribution in [0.2, 0.25) is 0 Å². The summed E-state index contributed by atoms with van der Waals surface area (Å²) in [7, 11) is 0. The summed E-state index contributed by atoms with van der Waals surface area (Å²) >= 11 is 0. The third-order valence-electron chi connectivity index (χ3n) is 2.54. The van der Waals surface area contributed by atoms with E-state index in [4.69, 9.17) is 5.11 Å². The van der Waals surface area contributed by atoms with E-state index in [-0.39, 0.29) is 17.7 Å². The summed E-state index contributed by atoms with van der Waals surface area (Å²) in [6, 6.07) is 2.17. The Morgan fingerprint density at radius 1 is 1.29 bits per heavy atom. The maximum Gasteiger partial charge on any atom is 0.163 e. The molecule has 1 aliphatic rings. The quantitative estimate of drug-likeness (QED) is 0.628. The number of phenols is 2. The van der Waals surface area contributed by atoms with Gasteiger partial charge in [0, 0.05) is 12.0 Å². The lowest BCUT2D eigenvalue weighted by Crippen LogP contribution is -2.12. The molecule has 0 saturated heterocycles. The minimum absolute atomic E-state index is 0.00926. The van der Waals surface area contributed by atoms with Crippen LogP contribution in [-0.4, -0.2) is 20.9 Å². The van der Waals surface area contributed by atoms with Gasteiger partial charge in [0.25, 0.3) is 0 Å². The van der Waals surface area contributed by atoms with Gasteiger partial charge in [-0.05, 0) is 25.0 Å². The minimum Gasteiger partial charge on any atom is -0.504 e. The van der Waals surface area contributed by atoms with Crippen molar-refractivity contribution in [3.8, 4) is 11.5 Å². The average Bonchev–Trinajstić information content (AvgIpc) is 2.86. The number of aromatic hydroxyl groups is 2. The second-order valence-corrected chi connectivity index (χ2v) is 3.79. The van der Waals surface area contributed by atoms with Crippen molar-refractivity contribution in [3.63, 3.8) is 0 Å². The van der Waals surface area contributed by atoms with Gasteiger partial charge in [-0.25, -0.2) is 4.39 Å². The standard InChI is InChI=1S/C10H11FO3/c11-7-1-2-8(12)9(13)6(7)5-10(14)3-4-10/h1-2,12-14H,3-5H2. The van der Waals surface area contributed by atoms with Gasteiger partial charge in [0.1, 0.15) is 5.82 Å². The second-order valence-electron chi connectivity index (χ2n) is 3.79. The number of benzene rings is 1. The first kappa shape index (κ1) is 9.27. The van der Waals surface area contributed by atoms with Crippen molar-refractivity contribution in [1.29, 1.82) is 0 Å². The van der Waals surface area contributed by atoms with Crippen molar-refractivity contribution >= 4 is 0 Å². The molecular formula is C10H11FO3. The Balaban J connectivity index is 2.35. The lowest BCUT2D eigenvalue weighted by atomic mass is 10.0. The zero-order valence-electron chi connectivity index (χ0n) is 7.50. The van der Waals surface area contributed by atoms with Gasteiger partial charge in [-0.3, -0.25) is 0 Å². The van der Waals surface area contributed by atoms with E-state index in [1.807, 2.05) is 0 Å². The highest BCUT2D eigenvalue weighted by Gasteiger charge is 2.41. The predicted octanol–water partition coefficient (Wildman–Crippen LogP) is 1.30. The van der Waals surface area contributed by atoms with E-state index < -0.39 is 17.2 Å². The number of halogens is 1. The van der Waals surface area contributed by atoms with Crippen LogP contribution in [0.4, 0.5) is 4.39 Å². The highest BCUT2D eigenvalue weighted by molar-refractivity contribution is 5.46. The molecular weight excluding hydrogens is 187 g/mol. The largest absolute Gasteiger partial charge is 0.504 e. The zero-order chi connectivity index (χ0) is 10.3. The fourth-order valence-corrected chi connectivity index (χ4v) is 1.42. The molecule has 4 heteroatoms. The maximum atomic E-state index is 13.2. The van der Waals surface area contributed by atoms with E-state index in [2.05, 4.69) is 0 Å². The highest BCUT2D eigenvalue weighted by Crippen LogP contribution is 2.42. The van der Waals surface area contributed by atoms with Crippen LogP contribution in [0.15, 0.2) is 12.1 Å². The van der Waals surface area contributed by atoms with Gasteiger partial charge < -0.3 is 15.3 Å². The average molecular weight is 198 g/mol. The van der Waals surface area contributed by atoms with Crippen LogP contribution in [-0.2, 0) is 6.42 Å². The molecule has 0 radical (unpaired) electrons. The third-order valence-corrected chi connectivity index (χ3v) is 2.54. The fraction of sp³-hybridized carbons (Fsp3) is 0.400. The summed E-state index contributed by atoms with van der Waals surface area (Å²) in [5, 5.41) is 28.1. The van der Waals surface area contributed by atoms with Crippen molar-refractivity contribution in [1.82, 2.24) is 0 Å². The molecule has 1 aromatic carbocycles. The molecule has 0 heterocycles. The van der Waals surface area contributed by atoms with E-state index in [0.29, 0.717) is 12.8 Å². The Morgan fingerprint density at radius 3 is 2.50 bits per heavy atom. The summed E-state index contributed by atoms with van der Waals surface area (Å²) < 4.78 is 13.2. The molecule has 1 aromatic rings. The zero-order valence-corrected chi connectivity index (χ0v) is 7.50. The molecule has 3 nitrogen and oxygen atoms in total. The summed E-state index contributed by atoms with van der Waals surface area (Å²) in [4.78, 5) is 0. The molecule has 3 N–H and O–H groups in total. The van der Waals surface area contributed by atoms with E-state index >= 15 is 0 Å². The van der Waals surface area contributed by atoms with Gasteiger partial charge in [0.15, 0.2) is 11.5 Å². The second kappa shape index (κ2) is 2.85. The van der Waals surface area contributed by atoms with Gasteiger partial charge in [-0.2, -0.15) is 0 Å². The molecule has 76 valence electrons. The Morgan fingerprint density at radius 2 is 1.93 bits per heavy atom. The van der Waals surface area contributed by atoms with Crippen molar-refractivity contribution in [2.75, 3.05) is 0 Å². The predicted molar refractivity (Wildman–Crippen MR) is 47.6 cm³/mol. The first-order chi connectivity index (χ1) is 6.52. The van der Waals surface area contributed by atoms with Crippen molar-refractivity contribution < 1.29 is 19.7 Å². The highest BCUT2D eigenvalue weighted by atomic mass is 19.1. The van der Waals surface area contributed by atoms with Crippen LogP contribution >= 0.6 is 0 Å². The summed E-state index contributed by atoms with van der Waals surface area (Å²) in [5.74, 6) is -1.42. The lowest BCUT2D eigenvalue weighted by molar-refractivity contribution is 0.148. The van der Waals surface area contributed by atoms with Crippen LogP contribution in [0.5, 0.6) is 11.5 Å².